The summed E-state index contributed by atoms with van der Waals surface area (Å²) in [6.07, 6.45) is 1.72. The summed E-state index contributed by atoms with van der Waals surface area (Å²) >= 11 is 0. The Morgan fingerprint density at radius 3 is 2.73 bits per heavy atom. The Hall–Kier alpha value is -3.28. The third-order valence-electron chi connectivity index (χ3n) is 4.67. The summed E-state index contributed by atoms with van der Waals surface area (Å²) in [5, 5.41) is 11.5. The van der Waals surface area contributed by atoms with E-state index in [0.29, 0.717) is 50.9 Å². The number of anilines is 1. The van der Waals surface area contributed by atoms with Crippen molar-refractivity contribution in [1.29, 1.82) is 0 Å². The molecule has 2 aromatic carbocycles. The molecule has 0 unspecified atom stereocenters. The number of aromatic nitrogens is 2. The number of aromatic hydroxyl groups is 1. The Morgan fingerprint density at radius 1 is 1.23 bits per heavy atom. The zero-order valence-electron chi connectivity index (χ0n) is 14.5. The van der Waals surface area contributed by atoms with E-state index >= 15 is 0 Å². The predicted octanol–water partition coefficient (Wildman–Crippen LogP) is 4.31. The number of fused-ring (bicyclic) bond motifs is 2. The molecule has 0 radical (unpaired) electrons. The zero-order chi connectivity index (χ0) is 18.4. The highest BCUT2D eigenvalue weighted by Gasteiger charge is 2.20. The number of aryl methyl sites for hydroxylation is 1. The van der Waals surface area contributed by atoms with Crippen LogP contribution in [-0.4, -0.2) is 21.8 Å². The third kappa shape index (κ3) is 2.19. The van der Waals surface area contributed by atoms with Crippen molar-refractivity contribution in [3.05, 3.63) is 48.4 Å². The molecule has 0 aliphatic carbocycles. The lowest BCUT2D eigenvalue weighted by molar-refractivity contribution is 0.416. The number of nitrogens with zero attached hydrogens (tertiary/aromatic N) is 2. The van der Waals surface area contributed by atoms with Gasteiger partial charge in [0.05, 0.1) is 29.2 Å². The van der Waals surface area contributed by atoms with Crippen LogP contribution in [0.25, 0.3) is 32.9 Å². The van der Waals surface area contributed by atoms with Crippen LogP contribution in [0.5, 0.6) is 11.6 Å². The number of nitrogens with two attached hydrogens (primary N) is 1. The molecule has 0 amide bonds. The first-order valence-corrected chi connectivity index (χ1v) is 8.29. The SMILES string of the molecule is CCn1cc2nc3c(-c4ccccc4OC)c(F)ccc3c(N)c2c1O. The summed E-state index contributed by atoms with van der Waals surface area (Å²) < 4.78 is 21.9. The van der Waals surface area contributed by atoms with Gasteiger partial charge in [0.2, 0.25) is 5.88 Å². The highest BCUT2D eigenvalue weighted by Crippen LogP contribution is 2.41. The van der Waals surface area contributed by atoms with Crippen LogP contribution in [0.1, 0.15) is 6.92 Å². The van der Waals surface area contributed by atoms with E-state index < -0.39 is 5.82 Å². The molecule has 0 saturated carbocycles. The number of hydrogen-bond acceptors (Lipinski definition) is 4. The number of hydrogen-bond donors (Lipinski definition) is 2. The molecule has 26 heavy (non-hydrogen) atoms. The molecule has 0 fully saturated rings. The average molecular weight is 351 g/mol. The smallest absolute Gasteiger partial charge is 0.202 e. The lowest BCUT2D eigenvalue weighted by Gasteiger charge is -2.13. The van der Waals surface area contributed by atoms with E-state index in [4.69, 9.17) is 10.5 Å². The van der Waals surface area contributed by atoms with Crippen molar-refractivity contribution >= 4 is 27.5 Å². The first-order valence-electron chi connectivity index (χ1n) is 8.29. The lowest BCUT2D eigenvalue weighted by Crippen LogP contribution is -1.97. The molecule has 5 nitrogen and oxygen atoms in total. The lowest BCUT2D eigenvalue weighted by atomic mass is 9.99. The number of ether oxygens (including phenoxy) is 1. The predicted molar refractivity (Wildman–Crippen MR) is 101 cm³/mol. The summed E-state index contributed by atoms with van der Waals surface area (Å²) in [6, 6.07) is 10.2. The minimum atomic E-state index is -0.410. The number of nitrogen functional groups attached to an aromatic ring is 1. The number of rotatable bonds is 3. The maximum atomic E-state index is 14.8. The Balaban J connectivity index is 2.16. The Kier molecular flexibility index (Phi) is 3.68. The average Bonchev–Trinajstić information content (AvgIpc) is 2.97. The van der Waals surface area contributed by atoms with Gasteiger partial charge in [-0.1, -0.05) is 18.2 Å². The second-order valence-electron chi connectivity index (χ2n) is 6.04. The van der Waals surface area contributed by atoms with E-state index in [1.807, 2.05) is 19.1 Å². The normalized spacial score (nSPS) is 11.3. The van der Waals surface area contributed by atoms with Gasteiger partial charge >= 0.3 is 0 Å². The fraction of sp³-hybridized carbons (Fsp3) is 0.150. The first kappa shape index (κ1) is 16.2. The summed E-state index contributed by atoms with van der Waals surface area (Å²) in [7, 11) is 1.54. The van der Waals surface area contributed by atoms with Crippen LogP contribution in [0.2, 0.25) is 0 Å². The number of para-hydroxylation sites is 1. The van der Waals surface area contributed by atoms with Crippen LogP contribution in [0.4, 0.5) is 10.1 Å². The number of halogens is 1. The fourth-order valence-corrected chi connectivity index (χ4v) is 3.38. The molecule has 132 valence electrons. The molecule has 0 aliphatic heterocycles. The molecule has 2 aromatic heterocycles. The number of pyridine rings is 1. The highest BCUT2D eigenvalue weighted by atomic mass is 19.1. The van der Waals surface area contributed by atoms with Crippen molar-refractivity contribution < 1.29 is 14.2 Å². The van der Waals surface area contributed by atoms with Crippen molar-refractivity contribution in [1.82, 2.24) is 9.55 Å². The van der Waals surface area contributed by atoms with E-state index in [0.717, 1.165) is 0 Å². The van der Waals surface area contributed by atoms with Gasteiger partial charge in [-0.05, 0) is 25.1 Å². The van der Waals surface area contributed by atoms with Crippen LogP contribution in [0, 0.1) is 5.82 Å². The second-order valence-corrected chi connectivity index (χ2v) is 6.04. The maximum absolute atomic E-state index is 14.8. The van der Waals surface area contributed by atoms with Gasteiger partial charge in [0.1, 0.15) is 11.6 Å². The minimum absolute atomic E-state index is 0.0672. The maximum Gasteiger partial charge on any atom is 0.202 e. The van der Waals surface area contributed by atoms with Crippen LogP contribution in [-0.2, 0) is 6.54 Å². The molecule has 0 saturated heterocycles. The molecule has 0 spiro atoms. The fourth-order valence-electron chi connectivity index (χ4n) is 3.38. The monoisotopic (exact) mass is 351 g/mol. The topological polar surface area (TPSA) is 73.3 Å². The van der Waals surface area contributed by atoms with E-state index in [1.54, 1.807) is 36.1 Å². The van der Waals surface area contributed by atoms with Gasteiger partial charge in [-0.2, -0.15) is 0 Å². The number of methoxy groups -OCH3 is 1. The molecular formula is C20H18FN3O2. The molecule has 0 aliphatic rings. The molecule has 6 heteroatoms. The van der Waals surface area contributed by atoms with Crippen molar-refractivity contribution in [2.75, 3.05) is 12.8 Å². The van der Waals surface area contributed by atoms with Gasteiger partial charge < -0.3 is 20.1 Å². The van der Waals surface area contributed by atoms with Gasteiger partial charge in [-0.3, -0.25) is 0 Å². The minimum Gasteiger partial charge on any atom is -0.496 e. The van der Waals surface area contributed by atoms with Crippen LogP contribution < -0.4 is 10.5 Å². The Bertz CT molecular complexity index is 1150. The van der Waals surface area contributed by atoms with E-state index in [2.05, 4.69) is 4.98 Å². The molecule has 0 atom stereocenters. The van der Waals surface area contributed by atoms with Gasteiger partial charge in [-0.15, -0.1) is 0 Å². The van der Waals surface area contributed by atoms with Gasteiger partial charge in [0, 0.05) is 29.3 Å². The zero-order valence-corrected chi connectivity index (χ0v) is 14.5. The third-order valence-corrected chi connectivity index (χ3v) is 4.67. The summed E-state index contributed by atoms with van der Waals surface area (Å²) in [5.74, 6) is 0.207. The van der Waals surface area contributed by atoms with Crippen molar-refractivity contribution in [3.63, 3.8) is 0 Å². The van der Waals surface area contributed by atoms with E-state index in [1.165, 1.54) is 6.07 Å². The molecule has 0 bridgehead atoms. The van der Waals surface area contributed by atoms with Crippen LogP contribution in [0.15, 0.2) is 42.6 Å². The van der Waals surface area contributed by atoms with Crippen molar-refractivity contribution in [3.8, 4) is 22.8 Å². The molecule has 4 aromatic rings. The van der Waals surface area contributed by atoms with Crippen LogP contribution >= 0.6 is 0 Å². The highest BCUT2D eigenvalue weighted by molar-refractivity contribution is 6.12. The van der Waals surface area contributed by atoms with Crippen molar-refractivity contribution in [2.45, 2.75) is 13.5 Å². The molecular weight excluding hydrogens is 333 g/mol. The number of benzene rings is 2. The standard InChI is InChI=1S/C20H18FN3O2/c1-3-24-10-14-17(20(24)25)18(22)12-8-9-13(21)16(19(12)23-14)11-6-4-5-7-15(11)26-2/h4-10,25H,3,22H2,1-2H3. The van der Waals surface area contributed by atoms with Gasteiger partial charge in [0.25, 0.3) is 0 Å². The summed E-state index contributed by atoms with van der Waals surface area (Å²) in [6.45, 7) is 2.49. The summed E-state index contributed by atoms with van der Waals surface area (Å²) in [4.78, 5) is 4.62. The largest absolute Gasteiger partial charge is 0.496 e. The molecule has 3 N–H and O–H groups in total. The summed E-state index contributed by atoms with van der Waals surface area (Å²) in [5.41, 5.74) is 8.60. The van der Waals surface area contributed by atoms with Crippen molar-refractivity contribution in [2.24, 2.45) is 0 Å². The molecule has 2 heterocycles. The first-order chi connectivity index (χ1) is 12.6. The Morgan fingerprint density at radius 2 is 2.00 bits per heavy atom. The van der Waals surface area contributed by atoms with Crippen LogP contribution in [0.3, 0.4) is 0 Å². The quantitative estimate of drug-likeness (QED) is 0.577. The Labute approximate surface area is 149 Å². The second kappa shape index (κ2) is 5.91. The van der Waals surface area contributed by atoms with Gasteiger partial charge in [0.15, 0.2) is 0 Å². The molecule has 4 rings (SSSR count). The van der Waals surface area contributed by atoms with E-state index in [9.17, 15) is 9.50 Å². The van der Waals surface area contributed by atoms with E-state index in [-0.39, 0.29) is 5.88 Å². The van der Waals surface area contributed by atoms with Gasteiger partial charge in [-0.25, -0.2) is 9.37 Å².